The maximum absolute atomic E-state index is 11.1. The minimum absolute atomic E-state index is 0.198. The standard InChI is InChI=1S/C16H23ClO3/c1-5-19-15-9-13(11(3)7-8-12(4)18)14(17)10-16(15)20-6-2/h9-11H,5-8H2,1-4H3. The van der Waals surface area contributed by atoms with Gasteiger partial charge in [-0.25, -0.2) is 0 Å². The largest absolute Gasteiger partial charge is 0.490 e. The number of rotatable bonds is 8. The number of carbonyl (C=O) groups is 1. The molecule has 1 aromatic rings. The van der Waals surface area contributed by atoms with Gasteiger partial charge >= 0.3 is 0 Å². The first-order valence-electron chi connectivity index (χ1n) is 7.08. The Kier molecular flexibility index (Phi) is 6.86. The first-order chi connectivity index (χ1) is 9.49. The second-order valence-electron chi connectivity index (χ2n) is 4.83. The fraction of sp³-hybridized carbons (Fsp3) is 0.562. The molecule has 0 radical (unpaired) electrons. The van der Waals surface area contributed by atoms with E-state index >= 15 is 0 Å². The van der Waals surface area contributed by atoms with Crippen LogP contribution in [0.1, 0.15) is 52.0 Å². The summed E-state index contributed by atoms with van der Waals surface area (Å²) < 4.78 is 11.2. The third kappa shape index (κ3) is 4.71. The topological polar surface area (TPSA) is 35.5 Å². The van der Waals surface area contributed by atoms with Gasteiger partial charge in [-0.05, 0) is 44.7 Å². The number of Topliss-reactive ketones (excluding diaryl/α,β-unsaturated/α-hetero) is 1. The molecule has 1 rings (SSSR count). The highest BCUT2D eigenvalue weighted by Crippen LogP contribution is 2.38. The van der Waals surface area contributed by atoms with Gasteiger partial charge in [0.15, 0.2) is 11.5 Å². The molecular formula is C16H23ClO3. The molecule has 4 heteroatoms. The Morgan fingerprint density at radius 1 is 1.20 bits per heavy atom. The highest BCUT2D eigenvalue weighted by Gasteiger charge is 2.16. The monoisotopic (exact) mass is 298 g/mol. The lowest BCUT2D eigenvalue weighted by Crippen LogP contribution is -2.03. The van der Waals surface area contributed by atoms with E-state index in [9.17, 15) is 4.79 Å². The Hall–Kier alpha value is -1.22. The zero-order valence-corrected chi connectivity index (χ0v) is 13.4. The number of carbonyl (C=O) groups excluding carboxylic acids is 1. The van der Waals surface area contributed by atoms with Gasteiger partial charge in [0.1, 0.15) is 5.78 Å². The fourth-order valence-corrected chi connectivity index (χ4v) is 2.38. The average Bonchev–Trinajstić information content (AvgIpc) is 2.39. The average molecular weight is 299 g/mol. The highest BCUT2D eigenvalue weighted by atomic mass is 35.5. The summed E-state index contributed by atoms with van der Waals surface area (Å²) in [6.45, 7) is 8.67. The molecule has 20 heavy (non-hydrogen) atoms. The van der Waals surface area contributed by atoms with E-state index in [0.29, 0.717) is 36.2 Å². The molecule has 0 aliphatic rings. The van der Waals surface area contributed by atoms with Crippen LogP contribution in [0.5, 0.6) is 11.5 Å². The van der Waals surface area contributed by atoms with Gasteiger partial charge in [0, 0.05) is 17.5 Å². The van der Waals surface area contributed by atoms with Crippen molar-refractivity contribution in [1.29, 1.82) is 0 Å². The smallest absolute Gasteiger partial charge is 0.162 e. The Morgan fingerprint density at radius 3 is 2.25 bits per heavy atom. The number of hydrogen-bond donors (Lipinski definition) is 0. The van der Waals surface area contributed by atoms with Crippen molar-refractivity contribution in [2.24, 2.45) is 0 Å². The van der Waals surface area contributed by atoms with Gasteiger partial charge in [-0.2, -0.15) is 0 Å². The zero-order valence-electron chi connectivity index (χ0n) is 12.7. The maximum Gasteiger partial charge on any atom is 0.162 e. The van der Waals surface area contributed by atoms with Crippen LogP contribution >= 0.6 is 11.6 Å². The molecule has 0 spiro atoms. The molecule has 112 valence electrons. The minimum Gasteiger partial charge on any atom is -0.490 e. The van der Waals surface area contributed by atoms with Gasteiger partial charge in [0.2, 0.25) is 0 Å². The molecule has 1 aromatic carbocycles. The molecular weight excluding hydrogens is 276 g/mol. The van der Waals surface area contributed by atoms with Crippen LogP contribution in [0, 0.1) is 0 Å². The summed E-state index contributed by atoms with van der Waals surface area (Å²) in [6.07, 6.45) is 1.35. The van der Waals surface area contributed by atoms with Gasteiger partial charge in [0.25, 0.3) is 0 Å². The normalized spacial score (nSPS) is 12.1. The van der Waals surface area contributed by atoms with Crippen molar-refractivity contribution in [3.8, 4) is 11.5 Å². The Bertz CT molecular complexity index is 457. The first kappa shape index (κ1) is 16.8. The molecule has 0 bridgehead atoms. The molecule has 0 aliphatic carbocycles. The Labute approximate surface area is 126 Å². The fourth-order valence-electron chi connectivity index (χ4n) is 2.04. The molecule has 1 atom stereocenters. The highest BCUT2D eigenvalue weighted by molar-refractivity contribution is 6.31. The van der Waals surface area contributed by atoms with E-state index in [0.717, 1.165) is 12.0 Å². The van der Waals surface area contributed by atoms with Crippen molar-refractivity contribution < 1.29 is 14.3 Å². The summed E-state index contributed by atoms with van der Waals surface area (Å²) in [7, 11) is 0. The molecule has 0 heterocycles. The second kappa shape index (κ2) is 8.15. The van der Waals surface area contributed by atoms with Crippen molar-refractivity contribution in [2.45, 2.75) is 46.5 Å². The van der Waals surface area contributed by atoms with Crippen LogP contribution in [0.3, 0.4) is 0 Å². The molecule has 0 saturated carbocycles. The summed E-state index contributed by atoms with van der Waals surface area (Å²) >= 11 is 6.33. The van der Waals surface area contributed by atoms with E-state index in [4.69, 9.17) is 21.1 Å². The molecule has 0 aliphatic heterocycles. The number of ketones is 1. The lowest BCUT2D eigenvalue weighted by Gasteiger charge is -2.17. The summed E-state index contributed by atoms with van der Waals surface area (Å²) in [5.41, 5.74) is 1.000. The van der Waals surface area contributed by atoms with Crippen LogP contribution in [-0.2, 0) is 4.79 Å². The van der Waals surface area contributed by atoms with Crippen LogP contribution in [-0.4, -0.2) is 19.0 Å². The third-order valence-electron chi connectivity index (χ3n) is 3.12. The van der Waals surface area contributed by atoms with Crippen LogP contribution in [0.4, 0.5) is 0 Å². The summed E-state index contributed by atoms with van der Waals surface area (Å²) in [5, 5.41) is 0.660. The summed E-state index contributed by atoms with van der Waals surface area (Å²) in [5.74, 6) is 1.79. The minimum atomic E-state index is 0.198. The second-order valence-corrected chi connectivity index (χ2v) is 5.24. The van der Waals surface area contributed by atoms with Crippen molar-refractivity contribution in [3.05, 3.63) is 22.7 Å². The molecule has 1 unspecified atom stereocenters. The van der Waals surface area contributed by atoms with Crippen LogP contribution in [0.25, 0.3) is 0 Å². The summed E-state index contributed by atoms with van der Waals surface area (Å²) in [4.78, 5) is 11.1. The van der Waals surface area contributed by atoms with Crippen molar-refractivity contribution in [3.63, 3.8) is 0 Å². The molecule has 0 amide bonds. The number of halogens is 1. The van der Waals surface area contributed by atoms with Gasteiger partial charge in [-0.1, -0.05) is 18.5 Å². The lowest BCUT2D eigenvalue weighted by atomic mass is 9.95. The van der Waals surface area contributed by atoms with Gasteiger partial charge < -0.3 is 14.3 Å². The SMILES string of the molecule is CCOc1cc(Cl)c(C(C)CCC(C)=O)cc1OCC. The van der Waals surface area contributed by atoms with Crippen molar-refractivity contribution >= 4 is 17.4 Å². The number of ether oxygens (including phenoxy) is 2. The van der Waals surface area contributed by atoms with Crippen molar-refractivity contribution in [2.75, 3.05) is 13.2 Å². The maximum atomic E-state index is 11.1. The Balaban J connectivity index is 3.00. The number of hydrogen-bond acceptors (Lipinski definition) is 3. The van der Waals surface area contributed by atoms with Gasteiger partial charge in [0.05, 0.1) is 13.2 Å². The van der Waals surface area contributed by atoms with E-state index in [1.54, 1.807) is 13.0 Å². The van der Waals surface area contributed by atoms with Crippen LogP contribution in [0.2, 0.25) is 5.02 Å². The molecule has 3 nitrogen and oxygen atoms in total. The van der Waals surface area contributed by atoms with E-state index in [1.165, 1.54) is 0 Å². The van der Waals surface area contributed by atoms with Crippen LogP contribution < -0.4 is 9.47 Å². The molecule has 0 N–H and O–H groups in total. The first-order valence-corrected chi connectivity index (χ1v) is 7.45. The third-order valence-corrected chi connectivity index (χ3v) is 3.45. The van der Waals surface area contributed by atoms with Crippen LogP contribution in [0.15, 0.2) is 12.1 Å². The number of benzene rings is 1. The molecule has 0 saturated heterocycles. The molecule has 0 aromatic heterocycles. The van der Waals surface area contributed by atoms with Gasteiger partial charge in [-0.3, -0.25) is 0 Å². The predicted molar refractivity (Wildman–Crippen MR) is 82.1 cm³/mol. The lowest BCUT2D eigenvalue weighted by molar-refractivity contribution is -0.117. The van der Waals surface area contributed by atoms with Gasteiger partial charge in [-0.15, -0.1) is 0 Å². The van der Waals surface area contributed by atoms with E-state index < -0.39 is 0 Å². The van der Waals surface area contributed by atoms with E-state index in [-0.39, 0.29) is 11.7 Å². The zero-order chi connectivity index (χ0) is 15.1. The van der Waals surface area contributed by atoms with E-state index in [1.807, 2.05) is 19.9 Å². The summed E-state index contributed by atoms with van der Waals surface area (Å²) in [6, 6.07) is 3.73. The quantitative estimate of drug-likeness (QED) is 0.703. The molecule has 0 fully saturated rings. The predicted octanol–water partition coefficient (Wildman–Crippen LogP) is 4.61. The Morgan fingerprint density at radius 2 is 1.75 bits per heavy atom. The van der Waals surface area contributed by atoms with Crippen molar-refractivity contribution in [1.82, 2.24) is 0 Å². The van der Waals surface area contributed by atoms with E-state index in [2.05, 4.69) is 6.92 Å².